The number of hydrogen-bond donors (Lipinski definition) is 0. The lowest BCUT2D eigenvalue weighted by atomic mass is 10.2. The molecular weight excluding hydrogens is 303 g/mol. The Bertz CT molecular complexity index is 769. The van der Waals surface area contributed by atoms with E-state index in [-0.39, 0.29) is 48.6 Å². The van der Waals surface area contributed by atoms with E-state index in [1.807, 2.05) is 0 Å². The number of amides is 3. The second-order valence-electron chi connectivity index (χ2n) is 5.64. The fourth-order valence-electron chi connectivity index (χ4n) is 2.56. The maximum Gasteiger partial charge on any atom is 0.327 e. The van der Waals surface area contributed by atoms with Crippen LogP contribution in [0.1, 0.15) is 18.7 Å². The Balaban J connectivity index is 1.50. The summed E-state index contributed by atoms with van der Waals surface area (Å²) in [5.74, 6) is -0.156. The van der Waals surface area contributed by atoms with Gasteiger partial charge in [0.15, 0.2) is 0 Å². The predicted molar refractivity (Wildman–Crippen MR) is 75.4 cm³/mol. The molecule has 23 heavy (non-hydrogen) atoms. The van der Waals surface area contributed by atoms with Crippen LogP contribution in [0.2, 0.25) is 0 Å². The molecule has 2 aliphatic rings. The zero-order valence-corrected chi connectivity index (χ0v) is 12.1. The molecule has 1 saturated carbocycles. The average molecular weight is 316 g/mol. The third kappa shape index (κ3) is 2.56. The molecular formula is C15H13FN4O3. The molecule has 0 atom stereocenters. The molecule has 3 amide bonds. The SMILES string of the molecule is O=C1CN(C2CC2)C(=O)N1Cc1nc(-c2ccc(F)cc2)no1. The highest BCUT2D eigenvalue weighted by molar-refractivity contribution is 6.02. The summed E-state index contributed by atoms with van der Waals surface area (Å²) in [6.45, 7) is 0.0670. The molecule has 1 aromatic heterocycles. The van der Waals surface area contributed by atoms with Crippen LogP contribution in [-0.4, -0.2) is 44.5 Å². The van der Waals surface area contributed by atoms with Crippen molar-refractivity contribution in [3.05, 3.63) is 36.0 Å². The lowest BCUT2D eigenvalue weighted by molar-refractivity contribution is -0.126. The number of aromatic nitrogens is 2. The second-order valence-corrected chi connectivity index (χ2v) is 5.64. The van der Waals surface area contributed by atoms with Crippen LogP contribution in [0.5, 0.6) is 0 Å². The van der Waals surface area contributed by atoms with E-state index in [9.17, 15) is 14.0 Å². The van der Waals surface area contributed by atoms with Crippen molar-refractivity contribution in [3.8, 4) is 11.4 Å². The standard InChI is InChI=1S/C15H13FN4O3/c16-10-3-1-9(2-4-10)14-17-12(23-18-14)7-20-13(21)8-19(15(20)22)11-5-6-11/h1-4,11H,5-8H2. The number of carbonyl (C=O) groups excluding carboxylic acids is 2. The average Bonchev–Trinajstić information content (AvgIpc) is 3.22. The number of halogens is 1. The van der Waals surface area contributed by atoms with Gasteiger partial charge >= 0.3 is 6.03 Å². The van der Waals surface area contributed by atoms with E-state index in [1.165, 1.54) is 24.3 Å². The first-order valence-electron chi connectivity index (χ1n) is 7.31. The number of nitrogens with zero attached hydrogens (tertiary/aromatic N) is 4. The number of rotatable bonds is 4. The van der Waals surface area contributed by atoms with Crippen molar-refractivity contribution in [3.63, 3.8) is 0 Å². The van der Waals surface area contributed by atoms with Crippen molar-refractivity contribution < 1.29 is 18.5 Å². The Morgan fingerprint density at radius 1 is 1.22 bits per heavy atom. The summed E-state index contributed by atoms with van der Waals surface area (Å²) >= 11 is 0. The van der Waals surface area contributed by atoms with Crippen LogP contribution in [0.15, 0.2) is 28.8 Å². The summed E-state index contributed by atoms with van der Waals surface area (Å²) in [7, 11) is 0. The molecule has 7 nitrogen and oxygen atoms in total. The zero-order valence-electron chi connectivity index (χ0n) is 12.1. The van der Waals surface area contributed by atoms with E-state index in [4.69, 9.17) is 4.52 Å². The summed E-state index contributed by atoms with van der Waals surface area (Å²) in [5.41, 5.74) is 0.597. The number of urea groups is 1. The monoisotopic (exact) mass is 316 g/mol. The summed E-state index contributed by atoms with van der Waals surface area (Å²) in [4.78, 5) is 31.1. The first kappa shape index (κ1) is 13.9. The summed E-state index contributed by atoms with van der Waals surface area (Å²) in [5, 5.41) is 3.80. The molecule has 4 rings (SSSR count). The van der Waals surface area contributed by atoms with Crippen LogP contribution in [0.3, 0.4) is 0 Å². The van der Waals surface area contributed by atoms with Gasteiger partial charge < -0.3 is 9.42 Å². The van der Waals surface area contributed by atoms with Gasteiger partial charge in [0, 0.05) is 11.6 Å². The highest BCUT2D eigenvalue weighted by Gasteiger charge is 2.44. The summed E-state index contributed by atoms with van der Waals surface area (Å²) in [6.07, 6.45) is 1.89. The zero-order chi connectivity index (χ0) is 16.0. The number of carbonyl (C=O) groups is 2. The maximum atomic E-state index is 12.9. The fourth-order valence-corrected chi connectivity index (χ4v) is 2.56. The Kier molecular flexibility index (Phi) is 3.10. The Labute approximate surface area is 130 Å². The molecule has 0 spiro atoms. The first-order chi connectivity index (χ1) is 11.1. The molecule has 2 fully saturated rings. The van der Waals surface area contributed by atoms with Crippen LogP contribution in [0.25, 0.3) is 11.4 Å². The third-order valence-electron chi connectivity index (χ3n) is 3.93. The molecule has 1 aliphatic heterocycles. The van der Waals surface area contributed by atoms with Crippen LogP contribution in [0.4, 0.5) is 9.18 Å². The maximum absolute atomic E-state index is 12.9. The van der Waals surface area contributed by atoms with Gasteiger partial charge in [0.2, 0.25) is 11.7 Å². The molecule has 1 aromatic carbocycles. The minimum atomic E-state index is -0.356. The van der Waals surface area contributed by atoms with Gasteiger partial charge in [-0.2, -0.15) is 4.98 Å². The van der Waals surface area contributed by atoms with Crippen molar-refractivity contribution >= 4 is 11.9 Å². The predicted octanol–water partition coefficient (Wildman–Crippen LogP) is 1.80. The van der Waals surface area contributed by atoms with Crippen LogP contribution >= 0.6 is 0 Å². The van der Waals surface area contributed by atoms with E-state index in [2.05, 4.69) is 10.1 Å². The first-order valence-corrected chi connectivity index (χ1v) is 7.31. The van der Waals surface area contributed by atoms with Crippen molar-refractivity contribution in [2.24, 2.45) is 0 Å². The fraction of sp³-hybridized carbons (Fsp3) is 0.333. The summed E-state index contributed by atoms with van der Waals surface area (Å²) < 4.78 is 18.0. The van der Waals surface area contributed by atoms with E-state index in [0.29, 0.717) is 5.56 Å². The van der Waals surface area contributed by atoms with Gasteiger partial charge in [0.25, 0.3) is 5.91 Å². The van der Waals surface area contributed by atoms with Crippen LogP contribution in [0, 0.1) is 5.82 Å². The summed E-state index contributed by atoms with van der Waals surface area (Å²) in [6, 6.07) is 5.54. The lowest BCUT2D eigenvalue weighted by Crippen LogP contribution is -2.33. The van der Waals surface area contributed by atoms with Crippen LogP contribution < -0.4 is 0 Å². The van der Waals surface area contributed by atoms with Gasteiger partial charge in [-0.15, -0.1) is 0 Å². The minimum absolute atomic E-state index is 0.0465. The lowest BCUT2D eigenvalue weighted by Gasteiger charge is -2.14. The van der Waals surface area contributed by atoms with Crippen molar-refractivity contribution in [1.82, 2.24) is 19.9 Å². The number of imide groups is 1. The van der Waals surface area contributed by atoms with Gasteiger partial charge in [-0.1, -0.05) is 5.16 Å². The van der Waals surface area contributed by atoms with Gasteiger partial charge in [-0.3, -0.25) is 9.69 Å². The normalized spacial score (nSPS) is 18.1. The molecule has 118 valence electrons. The van der Waals surface area contributed by atoms with Gasteiger partial charge in [0.05, 0.1) is 0 Å². The van der Waals surface area contributed by atoms with Gasteiger partial charge in [-0.05, 0) is 37.1 Å². The molecule has 8 heteroatoms. The van der Waals surface area contributed by atoms with E-state index < -0.39 is 0 Å². The van der Waals surface area contributed by atoms with Gasteiger partial charge in [-0.25, -0.2) is 9.18 Å². The molecule has 0 unspecified atom stereocenters. The third-order valence-corrected chi connectivity index (χ3v) is 3.93. The highest BCUT2D eigenvalue weighted by Crippen LogP contribution is 2.30. The van der Waals surface area contributed by atoms with E-state index in [1.54, 1.807) is 4.90 Å². The molecule has 0 bridgehead atoms. The Morgan fingerprint density at radius 3 is 2.65 bits per heavy atom. The minimum Gasteiger partial charge on any atom is -0.337 e. The molecule has 2 aromatic rings. The second kappa shape index (κ2) is 5.15. The smallest absolute Gasteiger partial charge is 0.327 e. The molecule has 0 N–H and O–H groups in total. The topological polar surface area (TPSA) is 79.5 Å². The molecule has 1 aliphatic carbocycles. The molecule has 0 radical (unpaired) electrons. The quantitative estimate of drug-likeness (QED) is 0.804. The van der Waals surface area contributed by atoms with Crippen LogP contribution in [-0.2, 0) is 11.3 Å². The number of benzene rings is 1. The van der Waals surface area contributed by atoms with Gasteiger partial charge in [0.1, 0.15) is 18.9 Å². The van der Waals surface area contributed by atoms with E-state index >= 15 is 0 Å². The molecule has 2 heterocycles. The Morgan fingerprint density at radius 2 is 1.96 bits per heavy atom. The van der Waals surface area contributed by atoms with Crippen molar-refractivity contribution in [1.29, 1.82) is 0 Å². The number of hydrogen-bond acceptors (Lipinski definition) is 5. The van der Waals surface area contributed by atoms with Crippen molar-refractivity contribution in [2.45, 2.75) is 25.4 Å². The Hall–Kier alpha value is -2.77. The molecule has 1 saturated heterocycles. The van der Waals surface area contributed by atoms with E-state index in [0.717, 1.165) is 17.7 Å². The largest absolute Gasteiger partial charge is 0.337 e. The highest BCUT2D eigenvalue weighted by atomic mass is 19.1. The van der Waals surface area contributed by atoms with Crippen molar-refractivity contribution in [2.75, 3.05) is 6.54 Å².